The molecule has 2 aromatic carbocycles. The van der Waals surface area contributed by atoms with Crippen LogP contribution in [0.15, 0.2) is 53.4 Å². The zero-order valence-corrected chi connectivity index (χ0v) is 15.5. The van der Waals surface area contributed by atoms with Gasteiger partial charge in [-0.2, -0.15) is 0 Å². The third-order valence-corrected chi connectivity index (χ3v) is 5.66. The Morgan fingerprint density at radius 3 is 2.52 bits per heavy atom. The minimum absolute atomic E-state index is 0.0138. The number of nitrogens with one attached hydrogen (secondary N) is 1. The second-order valence-electron chi connectivity index (χ2n) is 5.20. The number of carbonyl (C=O) groups excluding carboxylic acids is 1. The lowest BCUT2D eigenvalue weighted by Gasteiger charge is -2.20. The highest BCUT2D eigenvalue weighted by atomic mass is 35.5. The average Bonchev–Trinajstić information content (AvgIpc) is 2.62. The third kappa shape index (κ3) is 4.50. The van der Waals surface area contributed by atoms with E-state index in [9.17, 15) is 13.2 Å². The van der Waals surface area contributed by atoms with Crippen molar-refractivity contribution in [2.45, 2.75) is 4.90 Å². The minimum Gasteiger partial charge on any atom is -0.383 e. The van der Waals surface area contributed by atoms with Gasteiger partial charge in [-0.15, -0.1) is 0 Å². The van der Waals surface area contributed by atoms with Gasteiger partial charge in [-0.3, -0.25) is 9.10 Å². The number of methoxy groups -OCH3 is 1. The topological polar surface area (TPSA) is 75.7 Å². The van der Waals surface area contributed by atoms with Crippen molar-refractivity contribution in [2.24, 2.45) is 0 Å². The number of sulfonamides is 1. The van der Waals surface area contributed by atoms with Gasteiger partial charge in [0.15, 0.2) is 0 Å². The number of rotatable bonds is 7. The van der Waals surface area contributed by atoms with Crippen molar-refractivity contribution < 1.29 is 17.9 Å². The van der Waals surface area contributed by atoms with Crippen LogP contribution in [0.25, 0.3) is 0 Å². The highest BCUT2D eigenvalue weighted by molar-refractivity contribution is 7.92. The average molecular weight is 383 g/mol. The number of hydrogen-bond donors (Lipinski definition) is 1. The first-order chi connectivity index (χ1) is 11.9. The first-order valence-corrected chi connectivity index (χ1v) is 9.30. The van der Waals surface area contributed by atoms with Gasteiger partial charge < -0.3 is 10.1 Å². The van der Waals surface area contributed by atoms with E-state index in [2.05, 4.69) is 5.32 Å². The smallest absolute Gasteiger partial charge is 0.264 e. The molecule has 1 amide bonds. The number of halogens is 1. The first kappa shape index (κ1) is 19.2. The van der Waals surface area contributed by atoms with Gasteiger partial charge in [0.25, 0.3) is 15.9 Å². The largest absolute Gasteiger partial charge is 0.383 e. The van der Waals surface area contributed by atoms with Gasteiger partial charge in [0.2, 0.25) is 0 Å². The zero-order chi connectivity index (χ0) is 18.4. The number of para-hydroxylation sites is 1. The normalized spacial score (nSPS) is 11.2. The number of nitrogens with zero attached hydrogens (tertiary/aromatic N) is 1. The van der Waals surface area contributed by atoms with E-state index in [-0.39, 0.29) is 15.5 Å². The van der Waals surface area contributed by atoms with E-state index in [1.165, 1.54) is 32.4 Å². The summed E-state index contributed by atoms with van der Waals surface area (Å²) >= 11 is 6.05. The Morgan fingerprint density at radius 1 is 1.20 bits per heavy atom. The number of benzene rings is 2. The third-order valence-electron chi connectivity index (χ3n) is 3.55. The molecule has 0 saturated heterocycles. The number of carbonyl (C=O) groups is 1. The lowest BCUT2D eigenvalue weighted by molar-refractivity contribution is 0.0937. The van der Waals surface area contributed by atoms with E-state index in [4.69, 9.17) is 16.3 Å². The van der Waals surface area contributed by atoms with E-state index in [1.807, 2.05) is 0 Å². The number of ether oxygens (including phenoxy) is 1. The van der Waals surface area contributed by atoms with E-state index < -0.39 is 15.9 Å². The fourth-order valence-electron chi connectivity index (χ4n) is 2.14. The summed E-state index contributed by atoms with van der Waals surface area (Å²) in [6.45, 7) is 0.644. The van der Waals surface area contributed by atoms with Crippen molar-refractivity contribution in [1.29, 1.82) is 0 Å². The summed E-state index contributed by atoms with van der Waals surface area (Å²) in [5.41, 5.74) is 0.615. The quantitative estimate of drug-likeness (QED) is 0.746. The van der Waals surface area contributed by atoms with Crippen LogP contribution in [0.4, 0.5) is 5.69 Å². The van der Waals surface area contributed by atoms with Gasteiger partial charge in [0, 0.05) is 20.7 Å². The van der Waals surface area contributed by atoms with Crippen LogP contribution in [0.5, 0.6) is 0 Å². The summed E-state index contributed by atoms with van der Waals surface area (Å²) in [4.78, 5) is 12.2. The van der Waals surface area contributed by atoms with Crippen LogP contribution >= 0.6 is 11.6 Å². The van der Waals surface area contributed by atoms with Gasteiger partial charge in [0.05, 0.1) is 27.8 Å². The molecule has 0 heterocycles. The zero-order valence-electron chi connectivity index (χ0n) is 13.9. The minimum atomic E-state index is -3.82. The highest BCUT2D eigenvalue weighted by Crippen LogP contribution is 2.25. The molecule has 6 nitrogen and oxygen atoms in total. The van der Waals surface area contributed by atoms with Crippen LogP contribution in [0.1, 0.15) is 10.4 Å². The van der Waals surface area contributed by atoms with Gasteiger partial charge in [-0.1, -0.05) is 29.8 Å². The maximum Gasteiger partial charge on any atom is 0.264 e. The fourth-order valence-corrected chi connectivity index (χ4v) is 3.56. The molecule has 25 heavy (non-hydrogen) atoms. The second-order valence-corrected chi connectivity index (χ2v) is 7.57. The molecule has 8 heteroatoms. The van der Waals surface area contributed by atoms with Crippen molar-refractivity contribution >= 4 is 33.2 Å². The maximum absolute atomic E-state index is 12.8. The SMILES string of the molecule is COCCNC(=O)c1cc(S(=O)(=O)N(C)c2ccccc2)ccc1Cl. The molecular weight excluding hydrogens is 364 g/mol. The number of amides is 1. The molecule has 0 fully saturated rings. The van der Waals surface area contributed by atoms with Crippen molar-refractivity contribution in [3.05, 3.63) is 59.1 Å². The molecule has 0 aromatic heterocycles. The van der Waals surface area contributed by atoms with Crippen molar-refractivity contribution in [1.82, 2.24) is 5.32 Å². The molecule has 0 spiro atoms. The Morgan fingerprint density at radius 2 is 1.88 bits per heavy atom. The Bertz CT molecular complexity index is 841. The van der Waals surface area contributed by atoms with E-state index in [1.54, 1.807) is 30.3 Å². The monoisotopic (exact) mass is 382 g/mol. The molecule has 2 aromatic rings. The summed E-state index contributed by atoms with van der Waals surface area (Å²) in [5.74, 6) is -0.457. The molecule has 134 valence electrons. The standard InChI is InChI=1S/C17H19ClN2O4S/c1-20(13-6-4-3-5-7-13)25(22,23)14-8-9-16(18)15(12-14)17(21)19-10-11-24-2/h3-9,12H,10-11H2,1-2H3,(H,19,21). The van der Waals surface area contributed by atoms with Gasteiger partial charge in [-0.05, 0) is 30.3 Å². The summed E-state index contributed by atoms with van der Waals surface area (Å²) in [6, 6.07) is 12.7. The van der Waals surface area contributed by atoms with E-state index in [0.717, 1.165) is 4.31 Å². The van der Waals surface area contributed by atoms with Crippen molar-refractivity contribution in [3.63, 3.8) is 0 Å². The van der Waals surface area contributed by atoms with Crippen LogP contribution in [0, 0.1) is 0 Å². The predicted octanol–water partition coefficient (Wildman–Crippen LogP) is 2.54. The predicted molar refractivity (Wildman–Crippen MR) is 97.7 cm³/mol. The second kappa shape index (κ2) is 8.33. The summed E-state index contributed by atoms with van der Waals surface area (Å²) < 4.78 is 31.6. The van der Waals surface area contributed by atoms with Crippen LogP contribution in [0.2, 0.25) is 5.02 Å². The van der Waals surface area contributed by atoms with Gasteiger partial charge >= 0.3 is 0 Å². The van der Waals surface area contributed by atoms with Crippen LogP contribution < -0.4 is 9.62 Å². The molecule has 0 aliphatic heterocycles. The van der Waals surface area contributed by atoms with Crippen LogP contribution in [-0.2, 0) is 14.8 Å². The van der Waals surface area contributed by atoms with Crippen LogP contribution in [-0.4, -0.2) is 41.6 Å². The summed E-state index contributed by atoms with van der Waals surface area (Å²) in [7, 11) is -0.844. The Hall–Kier alpha value is -2.09. The maximum atomic E-state index is 12.8. The van der Waals surface area contributed by atoms with Gasteiger partial charge in [0.1, 0.15) is 0 Å². The summed E-state index contributed by atoms with van der Waals surface area (Å²) in [6.07, 6.45) is 0. The molecule has 0 atom stereocenters. The molecular formula is C17H19ClN2O4S. The van der Waals surface area contributed by atoms with Crippen molar-refractivity contribution in [3.8, 4) is 0 Å². The van der Waals surface area contributed by atoms with Crippen molar-refractivity contribution in [2.75, 3.05) is 31.6 Å². The van der Waals surface area contributed by atoms with Crippen LogP contribution in [0.3, 0.4) is 0 Å². The lowest BCUT2D eigenvalue weighted by atomic mass is 10.2. The lowest BCUT2D eigenvalue weighted by Crippen LogP contribution is -2.29. The first-order valence-electron chi connectivity index (χ1n) is 7.48. The highest BCUT2D eigenvalue weighted by Gasteiger charge is 2.23. The molecule has 0 aliphatic carbocycles. The van der Waals surface area contributed by atoms with Gasteiger partial charge in [-0.25, -0.2) is 8.42 Å². The molecule has 0 radical (unpaired) electrons. The molecule has 0 bridgehead atoms. The fraction of sp³-hybridized carbons (Fsp3) is 0.235. The molecule has 0 aliphatic rings. The van der Waals surface area contributed by atoms with E-state index in [0.29, 0.717) is 18.8 Å². The number of anilines is 1. The Balaban J connectivity index is 2.33. The molecule has 0 saturated carbocycles. The molecule has 0 unspecified atom stereocenters. The number of hydrogen-bond acceptors (Lipinski definition) is 4. The Kier molecular flexibility index (Phi) is 6.41. The summed E-state index contributed by atoms with van der Waals surface area (Å²) in [5, 5.41) is 2.80. The molecule has 2 rings (SSSR count). The van der Waals surface area contributed by atoms with E-state index >= 15 is 0 Å². The Labute approximate surface area is 152 Å². The molecule has 1 N–H and O–H groups in total.